The van der Waals surface area contributed by atoms with Crippen LogP contribution >= 0.6 is 11.6 Å². The molecule has 0 spiro atoms. The average molecular weight is 375 g/mol. The zero-order valence-corrected chi connectivity index (χ0v) is 16.0. The van der Waals surface area contributed by atoms with Crippen LogP contribution in [-0.4, -0.2) is 51.2 Å². The Morgan fingerprint density at radius 1 is 1.00 bits per heavy atom. The van der Waals surface area contributed by atoms with Crippen molar-refractivity contribution in [1.82, 2.24) is 4.90 Å². The first-order valence-electron chi connectivity index (χ1n) is 8.56. The van der Waals surface area contributed by atoms with E-state index in [1.807, 2.05) is 42.2 Å². The van der Waals surface area contributed by atoms with Gasteiger partial charge in [-0.2, -0.15) is 0 Å². The lowest BCUT2D eigenvalue weighted by Crippen LogP contribution is -2.49. The number of hydrogen-bond acceptors (Lipinski definition) is 4. The van der Waals surface area contributed by atoms with E-state index in [0.717, 1.165) is 29.9 Å². The van der Waals surface area contributed by atoms with Gasteiger partial charge in [0.25, 0.3) is 5.91 Å². The maximum Gasteiger partial charge on any atom is 0.254 e. The molecule has 0 saturated carbocycles. The van der Waals surface area contributed by atoms with Gasteiger partial charge in [-0.25, -0.2) is 0 Å². The third-order valence-corrected chi connectivity index (χ3v) is 5.03. The fraction of sp³-hybridized carbons (Fsp3) is 0.350. The summed E-state index contributed by atoms with van der Waals surface area (Å²) < 4.78 is 10.8. The largest absolute Gasteiger partial charge is 0.495 e. The summed E-state index contributed by atoms with van der Waals surface area (Å²) in [5, 5.41) is 0.515. The Morgan fingerprint density at radius 2 is 1.65 bits per heavy atom. The van der Waals surface area contributed by atoms with Gasteiger partial charge in [-0.1, -0.05) is 29.8 Å². The van der Waals surface area contributed by atoms with Crippen LogP contribution in [0.2, 0.25) is 5.02 Å². The average Bonchev–Trinajstić information content (AvgIpc) is 2.67. The summed E-state index contributed by atoms with van der Waals surface area (Å²) in [5.41, 5.74) is 2.70. The number of piperazine rings is 1. The van der Waals surface area contributed by atoms with Crippen molar-refractivity contribution in [3.63, 3.8) is 0 Å². The highest BCUT2D eigenvalue weighted by atomic mass is 35.5. The van der Waals surface area contributed by atoms with Crippen LogP contribution in [0, 0.1) is 6.92 Å². The zero-order chi connectivity index (χ0) is 18.7. The third-order valence-electron chi connectivity index (χ3n) is 4.74. The predicted molar refractivity (Wildman–Crippen MR) is 104 cm³/mol. The van der Waals surface area contributed by atoms with Crippen molar-refractivity contribution < 1.29 is 14.3 Å². The molecule has 0 N–H and O–H groups in total. The molecule has 0 bridgehead atoms. The van der Waals surface area contributed by atoms with Crippen LogP contribution in [-0.2, 0) is 0 Å². The number of hydrogen-bond donors (Lipinski definition) is 0. The molecule has 1 saturated heterocycles. The second-order valence-electron chi connectivity index (χ2n) is 6.25. The molecule has 138 valence electrons. The van der Waals surface area contributed by atoms with Crippen LogP contribution in [0.5, 0.6) is 11.5 Å². The molecule has 26 heavy (non-hydrogen) atoms. The number of carbonyl (C=O) groups is 1. The first kappa shape index (κ1) is 18.4. The minimum atomic E-state index is 0.0865. The van der Waals surface area contributed by atoms with Gasteiger partial charge in [0.1, 0.15) is 11.5 Å². The summed E-state index contributed by atoms with van der Waals surface area (Å²) in [7, 11) is 3.22. The highest BCUT2D eigenvalue weighted by Gasteiger charge is 2.25. The molecule has 1 amide bonds. The zero-order valence-electron chi connectivity index (χ0n) is 15.3. The molecule has 3 rings (SSSR count). The van der Waals surface area contributed by atoms with Crippen molar-refractivity contribution in [1.29, 1.82) is 0 Å². The van der Waals surface area contributed by atoms with E-state index in [4.69, 9.17) is 21.1 Å². The molecule has 2 aromatic carbocycles. The van der Waals surface area contributed by atoms with Crippen molar-refractivity contribution in [2.45, 2.75) is 6.92 Å². The van der Waals surface area contributed by atoms with Gasteiger partial charge in [0.15, 0.2) is 0 Å². The Morgan fingerprint density at radius 3 is 2.27 bits per heavy atom. The van der Waals surface area contributed by atoms with Gasteiger partial charge in [-0.3, -0.25) is 4.79 Å². The quantitative estimate of drug-likeness (QED) is 0.819. The number of rotatable bonds is 4. The number of benzene rings is 2. The van der Waals surface area contributed by atoms with Crippen LogP contribution in [0.25, 0.3) is 0 Å². The highest BCUT2D eigenvalue weighted by molar-refractivity contribution is 6.32. The molecule has 1 aliphatic heterocycles. The normalized spacial score (nSPS) is 14.3. The number of ether oxygens (including phenoxy) is 2. The maximum atomic E-state index is 12.8. The van der Waals surface area contributed by atoms with Crippen molar-refractivity contribution in [3.05, 3.63) is 52.5 Å². The van der Waals surface area contributed by atoms with Crippen LogP contribution in [0.1, 0.15) is 15.9 Å². The van der Waals surface area contributed by atoms with Crippen LogP contribution < -0.4 is 14.4 Å². The molecule has 0 radical (unpaired) electrons. The van der Waals surface area contributed by atoms with E-state index >= 15 is 0 Å². The van der Waals surface area contributed by atoms with E-state index in [1.165, 1.54) is 0 Å². The van der Waals surface area contributed by atoms with Gasteiger partial charge in [-0.05, 0) is 18.6 Å². The lowest BCUT2D eigenvalue weighted by Gasteiger charge is -2.37. The summed E-state index contributed by atoms with van der Waals surface area (Å²) in [6, 6.07) is 11.4. The fourth-order valence-corrected chi connectivity index (χ4v) is 3.46. The van der Waals surface area contributed by atoms with E-state index < -0.39 is 0 Å². The molecule has 2 aromatic rings. The lowest BCUT2D eigenvalue weighted by molar-refractivity contribution is 0.0746. The number of nitrogens with zero attached hydrogens (tertiary/aromatic N) is 2. The van der Waals surface area contributed by atoms with Crippen molar-refractivity contribution in [2.24, 2.45) is 0 Å². The Balaban J connectivity index is 1.75. The Labute approximate surface area is 159 Å². The number of methoxy groups -OCH3 is 2. The smallest absolute Gasteiger partial charge is 0.254 e. The van der Waals surface area contributed by atoms with Crippen LogP contribution in [0.3, 0.4) is 0 Å². The fourth-order valence-electron chi connectivity index (χ4n) is 3.23. The molecule has 1 fully saturated rings. The summed E-state index contributed by atoms with van der Waals surface area (Å²) in [6.45, 7) is 4.72. The monoisotopic (exact) mass is 374 g/mol. The van der Waals surface area contributed by atoms with Crippen molar-refractivity contribution in [2.75, 3.05) is 45.3 Å². The number of anilines is 1. The van der Waals surface area contributed by atoms with E-state index in [2.05, 4.69) is 4.90 Å². The molecule has 0 aliphatic carbocycles. The van der Waals surface area contributed by atoms with Crippen LogP contribution in [0.15, 0.2) is 36.4 Å². The predicted octanol–water partition coefficient (Wildman–Crippen LogP) is 3.63. The SMILES string of the molecule is COc1cc(N2CCN(C(=O)c3ccccc3C)CC2)c(OC)cc1Cl. The van der Waals surface area contributed by atoms with E-state index in [9.17, 15) is 4.79 Å². The Hall–Kier alpha value is -2.40. The maximum absolute atomic E-state index is 12.8. The molecule has 0 aromatic heterocycles. The molecule has 1 heterocycles. The number of aryl methyl sites for hydroxylation is 1. The summed E-state index contributed by atoms with van der Waals surface area (Å²) in [5.74, 6) is 1.40. The van der Waals surface area contributed by atoms with Crippen molar-refractivity contribution in [3.8, 4) is 11.5 Å². The summed E-state index contributed by atoms with van der Waals surface area (Å²) in [4.78, 5) is 16.9. The van der Waals surface area contributed by atoms with Gasteiger partial charge in [0, 0.05) is 43.9 Å². The minimum Gasteiger partial charge on any atom is -0.495 e. The first-order chi connectivity index (χ1) is 12.5. The standard InChI is InChI=1S/C20H23ClN2O3/c1-14-6-4-5-7-15(14)20(24)23-10-8-22(9-11-23)17-13-18(25-2)16(21)12-19(17)26-3/h4-7,12-13H,8-11H2,1-3H3. The topological polar surface area (TPSA) is 42.0 Å². The molecule has 6 heteroatoms. The van der Waals surface area contributed by atoms with E-state index in [1.54, 1.807) is 20.3 Å². The van der Waals surface area contributed by atoms with Gasteiger partial charge in [0.2, 0.25) is 0 Å². The lowest BCUT2D eigenvalue weighted by atomic mass is 10.1. The highest BCUT2D eigenvalue weighted by Crippen LogP contribution is 2.38. The van der Waals surface area contributed by atoms with Gasteiger partial charge in [0.05, 0.1) is 24.9 Å². The van der Waals surface area contributed by atoms with Gasteiger partial charge < -0.3 is 19.3 Å². The summed E-state index contributed by atoms with van der Waals surface area (Å²) >= 11 is 6.19. The Kier molecular flexibility index (Phi) is 5.57. The van der Waals surface area contributed by atoms with Gasteiger partial charge >= 0.3 is 0 Å². The third kappa shape index (κ3) is 3.58. The molecular weight excluding hydrogens is 352 g/mol. The number of halogens is 1. The van der Waals surface area contributed by atoms with Gasteiger partial charge in [-0.15, -0.1) is 0 Å². The molecule has 1 aliphatic rings. The number of carbonyl (C=O) groups excluding carboxylic acids is 1. The van der Waals surface area contributed by atoms with E-state index in [0.29, 0.717) is 29.6 Å². The molecule has 0 unspecified atom stereocenters. The minimum absolute atomic E-state index is 0.0865. The number of amides is 1. The van der Waals surface area contributed by atoms with Crippen LogP contribution in [0.4, 0.5) is 5.69 Å². The first-order valence-corrected chi connectivity index (χ1v) is 8.94. The summed E-state index contributed by atoms with van der Waals surface area (Å²) in [6.07, 6.45) is 0. The van der Waals surface area contributed by atoms with E-state index in [-0.39, 0.29) is 5.91 Å². The Bertz CT molecular complexity index is 802. The molecule has 5 nitrogen and oxygen atoms in total. The molecular formula is C20H23ClN2O3. The second kappa shape index (κ2) is 7.87. The van der Waals surface area contributed by atoms with Crippen molar-refractivity contribution >= 4 is 23.2 Å². The second-order valence-corrected chi connectivity index (χ2v) is 6.66. The molecule has 0 atom stereocenters.